The van der Waals surface area contributed by atoms with E-state index in [4.69, 9.17) is 11.6 Å². The molecule has 1 aromatic rings. The van der Waals surface area contributed by atoms with Crippen LogP contribution in [0.2, 0.25) is 5.02 Å². The number of methoxy groups -OCH3 is 1. The van der Waals surface area contributed by atoms with Gasteiger partial charge in [0.25, 0.3) is 5.91 Å². The maximum absolute atomic E-state index is 11.4. The number of benzene rings is 1. The summed E-state index contributed by atoms with van der Waals surface area (Å²) in [7, 11) is 1.26. The fourth-order valence-electron chi connectivity index (χ4n) is 0.928. The molecule has 0 spiro atoms. The van der Waals surface area contributed by atoms with Gasteiger partial charge in [0.1, 0.15) is 6.54 Å². The van der Waals surface area contributed by atoms with Gasteiger partial charge in [0.2, 0.25) is 0 Å². The molecule has 5 heteroatoms. The predicted molar refractivity (Wildman–Crippen MR) is 55.8 cm³/mol. The van der Waals surface area contributed by atoms with Gasteiger partial charge < -0.3 is 10.1 Å². The van der Waals surface area contributed by atoms with Crippen molar-refractivity contribution in [3.8, 4) is 0 Å². The van der Waals surface area contributed by atoms with Crippen molar-refractivity contribution in [1.82, 2.24) is 5.32 Å². The summed E-state index contributed by atoms with van der Waals surface area (Å²) >= 11 is 5.66. The average Bonchev–Trinajstić information content (AvgIpc) is 2.26. The molecule has 0 aliphatic heterocycles. The van der Waals surface area contributed by atoms with E-state index >= 15 is 0 Å². The maximum Gasteiger partial charge on any atom is 0.325 e. The minimum Gasteiger partial charge on any atom is -0.468 e. The summed E-state index contributed by atoms with van der Waals surface area (Å²) in [6, 6.07) is 6.37. The van der Waals surface area contributed by atoms with E-state index in [1.807, 2.05) is 0 Å². The van der Waals surface area contributed by atoms with Gasteiger partial charge in [-0.05, 0) is 24.3 Å². The molecule has 0 saturated carbocycles. The van der Waals surface area contributed by atoms with Gasteiger partial charge in [0, 0.05) is 10.6 Å². The number of hydrogen-bond donors (Lipinski definition) is 1. The summed E-state index contributed by atoms with van der Waals surface area (Å²) in [5.41, 5.74) is 0.448. The van der Waals surface area contributed by atoms with E-state index in [1.54, 1.807) is 24.3 Å². The number of carbonyl (C=O) groups excluding carboxylic acids is 2. The van der Waals surface area contributed by atoms with Crippen LogP contribution in [-0.2, 0) is 9.53 Å². The lowest BCUT2D eigenvalue weighted by Gasteiger charge is -2.03. The lowest BCUT2D eigenvalue weighted by molar-refractivity contribution is -0.139. The topological polar surface area (TPSA) is 55.4 Å². The molecular formula is C10H10ClNO3. The summed E-state index contributed by atoms with van der Waals surface area (Å²) in [6.45, 7) is -0.141. The van der Waals surface area contributed by atoms with Crippen LogP contribution in [0.15, 0.2) is 24.3 Å². The summed E-state index contributed by atoms with van der Waals surface area (Å²) in [5.74, 6) is -0.825. The molecule has 0 saturated heterocycles. The van der Waals surface area contributed by atoms with Crippen LogP contribution in [0.1, 0.15) is 10.4 Å². The number of rotatable bonds is 3. The number of carbonyl (C=O) groups is 2. The molecule has 4 nitrogen and oxygen atoms in total. The Hall–Kier alpha value is -1.55. The molecule has 80 valence electrons. The third kappa shape index (κ3) is 3.59. The van der Waals surface area contributed by atoms with E-state index in [0.717, 1.165) is 0 Å². The van der Waals surface area contributed by atoms with Crippen molar-refractivity contribution in [2.24, 2.45) is 0 Å². The number of halogens is 1. The SMILES string of the molecule is COC(=O)CNC(=O)c1ccc(Cl)cc1. The fourth-order valence-corrected chi connectivity index (χ4v) is 1.05. The van der Waals surface area contributed by atoms with Crippen molar-refractivity contribution in [3.63, 3.8) is 0 Å². The fraction of sp³-hybridized carbons (Fsp3) is 0.200. The summed E-state index contributed by atoms with van der Waals surface area (Å²) < 4.78 is 4.38. The predicted octanol–water partition coefficient (Wildman–Crippen LogP) is 1.24. The van der Waals surface area contributed by atoms with Gasteiger partial charge in [0.15, 0.2) is 0 Å². The first-order valence-corrected chi connectivity index (χ1v) is 4.62. The highest BCUT2D eigenvalue weighted by Gasteiger charge is 2.07. The number of ether oxygens (including phenoxy) is 1. The normalized spacial score (nSPS) is 9.47. The number of nitrogens with one attached hydrogen (secondary N) is 1. The standard InChI is InChI=1S/C10H10ClNO3/c1-15-9(13)6-12-10(14)7-2-4-8(11)5-3-7/h2-5H,6H2,1H3,(H,12,14). The van der Waals surface area contributed by atoms with Crippen LogP contribution in [0.4, 0.5) is 0 Å². The molecule has 0 fully saturated rings. The summed E-state index contributed by atoms with van der Waals surface area (Å²) in [5, 5.41) is 2.97. The van der Waals surface area contributed by atoms with Crippen molar-refractivity contribution < 1.29 is 14.3 Å². The van der Waals surface area contributed by atoms with Gasteiger partial charge in [-0.3, -0.25) is 9.59 Å². The van der Waals surface area contributed by atoms with Crippen LogP contribution < -0.4 is 5.32 Å². The van der Waals surface area contributed by atoms with E-state index in [2.05, 4.69) is 10.1 Å². The number of esters is 1. The maximum atomic E-state index is 11.4. The quantitative estimate of drug-likeness (QED) is 0.791. The Balaban J connectivity index is 2.54. The lowest BCUT2D eigenvalue weighted by atomic mass is 10.2. The van der Waals surface area contributed by atoms with Crippen molar-refractivity contribution in [3.05, 3.63) is 34.9 Å². The first kappa shape index (κ1) is 11.5. The molecule has 0 heterocycles. The van der Waals surface area contributed by atoms with Gasteiger partial charge in [-0.2, -0.15) is 0 Å². The van der Waals surface area contributed by atoms with Crippen LogP contribution in [0.5, 0.6) is 0 Å². The van der Waals surface area contributed by atoms with Gasteiger partial charge in [-0.25, -0.2) is 0 Å². The second kappa shape index (κ2) is 5.36. The van der Waals surface area contributed by atoms with Crippen LogP contribution in [0.3, 0.4) is 0 Å². The largest absolute Gasteiger partial charge is 0.468 e. The van der Waals surface area contributed by atoms with E-state index < -0.39 is 5.97 Å². The zero-order valence-electron chi connectivity index (χ0n) is 8.12. The second-order valence-electron chi connectivity index (χ2n) is 2.77. The highest BCUT2D eigenvalue weighted by molar-refractivity contribution is 6.30. The van der Waals surface area contributed by atoms with E-state index in [0.29, 0.717) is 10.6 Å². The number of amides is 1. The zero-order valence-corrected chi connectivity index (χ0v) is 8.88. The Labute approximate surface area is 92.2 Å². The minimum atomic E-state index is -0.489. The summed E-state index contributed by atoms with van der Waals surface area (Å²) in [4.78, 5) is 22.2. The van der Waals surface area contributed by atoms with Crippen molar-refractivity contribution in [2.45, 2.75) is 0 Å². The molecule has 0 aliphatic carbocycles. The van der Waals surface area contributed by atoms with Gasteiger partial charge in [0.05, 0.1) is 7.11 Å². The van der Waals surface area contributed by atoms with Crippen LogP contribution in [0.25, 0.3) is 0 Å². The highest BCUT2D eigenvalue weighted by Crippen LogP contribution is 2.09. The molecule has 1 rings (SSSR count). The Morgan fingerprint density at radius 1 is 1.33 bits per heavy atom. The Morgan fingerprint density at radius 3 is 2.47 bits per heavy atom. The number of hydrogen-bond acceptors (Lipinski definition) is 3. The zero-order chi connectivity index (χ0) is 11.3. The molecule has 15 heavy (non-hydrogen) atoms. The molecule has 0 unspecified atom stereocenters. The molecule has 0 aliphatic rings. The molecule has 0 atom stereocenters. The van der Waals surface area contributed by atoms with Gasteiger partial charge in [-0.15, -0.1) is 0 Å². The van der Waals surface area contributed by atoms with Crippen molar-refractivity contribution >= 4 is 23.5 Å². The Kier molecular flexibility index (Phi) is 4.12. The Bertz CT molecular complexity index is 361. The molecule has 1 aromatic carbocycles. The van der Waals surface area contributed by atoms with E-state index in [9.17, 15) is 9.59 Å². The molecule has 0 bridgehead atoms. The monoisotopic (exact) mass is 227 g/mol. The first-order chi connectivity index (χ1) is 7.13. The van der Waals surface area contributed by atoms with Gasteiger partial charge in [-0.1, -0.05) is 11.6 Å². The second-order valence-corrected chi connectivity index (χ2v) is 3.20. The third-order valence-electron chi connectivity index (χ3n) is 1.73. The van der Waals surface area contributed by atoms with Crippen molar-refractivity contribution in [2.75, 3.05) is 13.7 Å². The van der Waals surface area contributed by atoms with Crippen LogP contribution in [0, 0.1) is 0 Å². The molecule has 0 radical (unpaired) electrons. The molecule has 1 amide bonds. The van der Waals surface area contributed by atoms with Crippen molar-refractivity contribution in [1.29, 1.82) is 0 Å². The molecule has 0 aromatic heterocycles. The van der Waals surface area contributed by atoms with Crippen LogP contribution >= 0.6 is 11.6 Å². The minimum absolute atomic E-state index is 0.141. The van der Waals surface area contributed by atoms with E-state index in [1.165, 1.54) is 7.11 Å². The van der Waals surface area contributed by atoms with Crippen LogP contribution in [-0.4, -0.2) is 25.5 Å². The first-order valence-electron chi connectivity index (χ1n) is 4.24. The third-order valence-corrected chi connectivity index (χ3v) is 1.98. The average molecular weight is 228 g/mol. The van der Waals surface area contributed by atoms with E-state index in [-0.39, 0.29) is 12.5 Å². The lowest BCUT2D eigenvalue weighted by Crippen LogP contribution is -2.30. The highest BCUT2D eigenvalue weighted by atomic mass is 35.5. The molecule has 1 N–H and O–H groups in total. The summed E-state index contributed by atoms with van der Waals surface area (Å²) in [6.07, 6.45) is 0. The Morgan fingerprint density at radius 2 is 1.93 bits per heavy atom. The smallest absolute Gasteiger partial charge is 0.325 e. The molecular weight excluding hydrogens is 218 g/mol. The van der Waals surface area contributed by atoms with Gasteiger partial charge >= 0.3 is 5.97 Å².